The van der Waals surface area contributed by atoms with Crippen LogP contribution in [0.5, 0.6) is 0 Å². The van der Waals surface area contributed by atoms with Crippen molar-refractivity contribution < 1.29 is 9.90 Å². The van der Waals surface area contributed by atoms with Crippen molar-refractivity contribution in [1.29, 1.82) is 0 Å². The molecule has 1 aromatic rings. The molecular weight excluding hydrogens is 250 g/mol. The Bertz CT molecular complexity index is 394. The zero-order valence-electron chi connectivity index (χ0n) is 10.9. The molecule has 100 valence electrons. The van der Waals surface area contributed by atoms with Crippen LogP contribution in [0.15, 0.2) is 24.3 Å². The second kappa shape index (κ2) is 6.76. The number of rotatable bonds is 6. The Morgan fingerprint density at radius 1 is 1.33 bits per heavy atom. The molecular formula is C14H20ClNO2. The van der Waals surface area contributed by atoms with Crippen molar-refractivity contribution in [3.63, 3.8) is 0 Å². The van der Waals surface area contributed by atoms with E-state index < -0.39 is 5.54 Å². The van der Waals surface area contributed by atoms with E-state index in [9.17, 15) is 9.90 Å². The molecule has 1 rings (SSSR count). The molecule has 2 N–H and O–H groups in total. The minimum Gasteiger partial charge on any atom is -0.394 e. The average Bonchev–Trinajstić information content (AvgIpc) is 2.39. The second-order valence-corrected chi connectivity index (χ2v) is 4.87. The lowest BCUT2D eigenvalue weighted by Gasteiger charge is -2.30. The lowest BCUT2D eigenvalue weighted by Crippen LogP contribution is -2.51. The van der Waals surface area contributed by atoms with Crippen LogP contribution < -0.4 is 5.32 Å². The van der Waals surface area contributed by atoms with Crippen molar-refractivity contribution in [3.8, 4) is 0 Å². The van der Waals surface area contributed by atoms with Crippen LogP contribution in [-0.4, -0.2) is 23.2 Å². The summed E-state index contributed by atoms with van der Waals surface area (Å²) in [6.07, 6.45) is 1.64. The molecule has 1 aromatic carbocycles. The predicted octanol–water partition coefficient (Wildman–Crippen LogP) is 2.55. The van der Waals surface area contributed by atoms with Crippen molar-refractivity contribution in [2.75, 3.05) is 6.61 Å². The minimum atomic E-state index is -0.516. The highest BCUT2D eigenvalue weighted by Gasteiger charge is 2.27. The summed E-state index contributed by atoms with van der Waals surface area (Å²) in [5, 5.41) is 12.9. The van der Waals surface area contributed by atoms with Gasteiger partial charge in [-0.25, -0.2) is 0 Å². The third-order valence-electron chi connectivity index (χ3n) is 3.37. The number of halogens is 1. The molecule has 0 saturated heterocycles. The van der Waals surface area contributed by atoms with Crippen LogP contribution in [0, 0.1) is 0 Å². The number of hydrogen-bond acceptors (Lipinski definition) is 2. The van der Waals surface area contributed by atoms with Gasteiger partial charge >= 0.3 is 0 Å². The van der Waals surface area contributed by atoms with E-state index in [0.29, 0.717) is 17.9 Å². The van der Waals surface area contributed by atoms with Crippen molar-refractivity contribution in [1.82, 2.24) is 5.32 Å². The summed E-state index contributed by atoms with van der Waals surface area (Å²) in [5.74, 6) is -0.110. The van der Waals surface area contributed by atoms with Crippen molar-refractivity contribution in [2.24, 2.45) is 0 Å². The summed E-state index contributed by atoms with van der Waals surface area (Å²) in [5.41, 5.74) is 0.286. The number of aliphatic hydroxyl groups excluding tert-OH is 1. The molecule has 0 unspecified atom stereocenters. The van der Waals surface area contributed by atoms with Gasteiger partial charge in [0, 0.05) is 5.02 Å². The number of nitrogens with one attached hydrogen (secondary N) is 1. The van der Waals surface area contributed by atoms with Gasteiger partial charge in [-0.3, -0.25) is 4.79 Å². The molecule has 18 heavy (non-hydrogen) atoms. The van der Waals surface area contributed by atoms with Gasteiger partial charge in [-0.2, -0.15) is 0 Å². The average molecular weight is 270 g/mol. The Hall–Kier alpha value is -1.06. The normalized spacial score (nSPS) is 11.3. The van der Waals surface area contributed by atoms with Gasteiger partial charge in [0.2, 0.25) is 5.91 Å². The molecule has 0 aliphatic heterocycles. The van der Waals surface area contributed by atoms with Gasteiger partial charge in [0.15, 0.2) is 0 Å². The topological polar surface area (TPSA) is 49.3 Å². The van der Waals surface area contributed by atoms with Crippen molar-refractivity contribution >= 4 is 17.5 Å². The van der Waals surface area contributed by atoms with E-state index in [0.717, 1.165) is 5.56 Å². The Morgan fingerprint density at radius 2 is 1.94 bits per heavy atom. The first-order valence-electron chi connectivity index (χ1n) is 6.22. The van der Waals surface area contributed by atoms with Crippen LogP contribution in [0.4, 0.5) is 0 Å². The molecule has 4 heteroatoms. The number of carbonyl (C=O) groups excluding carboxylic acids is 1. The van der Waals surface area contributed by atoms with Gasteiger partial charge in [0.05, 0.1) is 18.6 Å². The van der Waals surface area contributed by atoms with E-state index in [-0.39, 0.29) is 18.9 Å². The number of hydrogen-bond donors (Lipinski definition) is 2. The molecule has 1 amide bonds. The van der Waals surface area contributed by atoms with Crippen LogP contribution in [-0.2, 0) is 11.2 Å². The van der Waals surface area contributed by atoms with E-state index >= 15 is 0 Å². The minimum absolute atomic E-state index is 0.0474. The van der Waals surface area contributed by atoms with E-state index in [1.807, 2.05) is 32.0 Å². The van der Waals surface area contributed by atoms with Gasteiger partial charge in [0.25, 0.3) is 0 Å². The number of amides is 1. The first kappa shape index (κ1) is 15.0. The van der Waals surface area contributed by atoms with Crippen LogP contribution in [0.25, 0.3) is 0 Å². The van der Waals surface area contributed by atoms with Crippen LogP contribution in [0.3, 0.4) is 0 Å². The third kappa shape index (κ3) is 3.72. The Kier molecular flexibility index (Phi) is 5.63. The number of benzene rings is 1. The molecule has 3 nitrogen and oxygen atoms in total. The fourth-order valence-electron chi connectivity index (χ4n) is 1.84. The zero-order chi connectivity index (χ0) is 13.6. The van der Waals surface area contributed by atoms with Gasteiger partial charge < -0.3 is 10.4 Å². The first-order valence-corrected chi connectivity index (χ1v) is 6.60. The van der Waals surface area contributed by atoms with Crippen LogP contribution >= 0.6 is 11.6 Å². The quantitative estimate of drug-likeness (QED) is 0.834. The monoisotopic (exact) mass is 269 g/mol. The lowest BCUT2D eigenvalue weighted by molar-refractivity contribution is -0.123. The second-order valence-electron chi connectivity index (χ2n) is 4.46. The van der Waals surface area contributed by atoms with Gasteiger partial charge in [-0.05, 0) is 24.5 Å². The standard InChI is InChI=1S/C14H20ClNO2/c1-3-14(4-2,10-17)16-13(18)9-11-7-5-6-8-12(11)15/h5-8,17H,3-4,9-10H2,1-2H3,(H,16,18). The fourth-order valence-corrected chi connectivity index (χ4v) is 2.05. The number of carbonyl (C=O) groups is 1. The van der Waals surface area contributed by atoms with E-state index in [2.05, 4.69) is 5.32 Å². The lowest BCUT2D eigenvalue weighted by atomic mass is 9.93. The maximum Gasteiger partial charge on any atom is 0.224 e. The van der Waals surface area contributed by atoms with Crippen LogP contribution in [0.2, 0.25) is 5.02 Å². The molecule has 0 spiro atoms. The highest BCUT2D eigenvalue weighted by molar-refractivity contribution is 6.31. The summed E-state index contributed by atoms with van der Waals surface area (Å²) in [4.78, 5) is 12.0. The van der Waals surface area contributed by atoms with E-state index in [4.69, 9.17) is 11.6 Å². The Balaban J connectivity index is 2.70. The van der Waals surface area contributed by atoms with Crippen molar-refractivity contribution in [2.45, 2.75) is 38.6 Å². The predicted molar refractivity (Wildman–Crippen MR) is 73.7 cm³/mol. The summed E-state index contributed by atoms with van der Waals surface area (Å²) >= 11 is 6.01. The number of aliphatic hydroxyl groups is 1. The van der Waals surface area contributed by atoms with Crippen LogP contribution in [0.1, 0.15) is 32.3 Å². The fraction of sp³-hybridized carbons (Fsp3) is 0.500. The Morgan fingerprint density at radius 3 is 2.44 bits per heavy atom. The molecule has 0 fully saturated rings. The maximum absolute atomic E-state index is 12.0. The summed E-state index contributed by atoms with van der Waals surface area (Å²) in [6.45, 7) is 3.86. The molecule has 0 atom stereocenters. The van der Waals surface area contributed by atoms with Crippen molar-refractivity contribution in [3.05, 3.63) is 34.9 Å². The van der Waals surface area contributed by atoms with Gasteiger partial charge in [-0.15, -0.1) is 0 Å². The largest absolute Gasteiger partial charge is 0.394 e. The smallest absolute Gasteiger partial charge is 0.224 e. The molecule has 0 heterocycles. The highest BCUT2D eigenvalue weighted by atomic mass is 35.5. The SMILES string of the molecule is CCC(CC)(CO)NC(=O)Cc1ccccc1Cl. The Labute approximate surface area is 113 Å². The highest BCUT2D eigenvalue weighted by Crippen LogP contribution is 2.17. The molecule has 0 bridgehead atoms. The maximum atomic E-state index is 12.0. The van der Waals surface area contributed by atoms with Gasteiger partial charge in [-0.1, -0.05) is 43.6 Å². The van der Waals surface area contributed by atoms with Gasteiger partial charge in [0.1, 0.15) is 0 Å². The molecule has 0 aliphatic carbocycles. The summed E-state index contributed by atoms with van der Waals surface area (Å²) in [7, 11) is 0. The third-order valence-corrected chi connectivity index (χ3v) is 3.74. The van der Waals surface area contributed by atoms with E-state index in [1.54, 1.807) is 6.07 Å². The summed E-state index contributed by atoms with van der Waals surface area (Å²) in [6, 6.07) is 7.29. The first-order chi connectivity index (χ1) is 8.56. The molecule has 0 aromatic heterocycles. The zero-order valence-corrected chi connectivity index (χ0v) is 11.6. The molecule has 0 saturated carbocycles. The molecule has 0 aliphatic rings. The molecule has 0 radical (unpaired) electrons. The van der Waals surface area contributed by atoms with E-state index in [1.165, 1.54) is 0 Å². The summed E-state index contributed by atoms with van der Waals surface area (Å²) < 4.78 is 0.